The Hall–Kier alpha value is -2.50. The van der Waals surface area contributed by atoms with Crippen LogP contribution >= 0.6 is 0 Å². The lowest BCUT2D eigenvalue weighted by Crippen LogP contribution is -2.09. The quantitative estimate of drug-likeness (QED) is 0.655. The molecule has 0 bridgehead atoms. The van der Waals surface area contributed by atoms with Crippen LogP contribution in [0, 0.1) is 6.92 Å². The molecule has 0 aliphatic heterocycles. The number of nitrogens with zero attached hydrogens (tertiary/aromatic N) is 2. The van der Waals surface area contributed by atoms with Crippen LogP contribution < -0.4 is 11.1 Å². The molecule has 0 unspecified atom stereocenters. The number of hydrogen-bond donors (Lipinski definition) is 2. The van der Waals surface area contributed by atoms with Gasteiger partial charge >= 0.3 is 5.97 Å². The van der Waals surface area contributed by atoms with Gasteiger partial charge in [0, 0.05) is 25.4 Å². The van der Waals surface area contributed by atoms with Crippen molar-refractivity contribution in [3.05, 3.63) is 41.2 Å². The molecule has 6 heteroatoms. The van der Waals surface area contributed by atoms with Gasteiger partial charge < -0.3 is 15.8 Å². The number of nitrogen functional groups attached to an aromatic ring is 1. The minimum atomic E-state index is -0.441. The standard InChI is InChI=1S/C14H18N4O2/c1-9-10(8-18(2)17-9)7-16-12-6-4-5-11(13(12)15)14(19)20-3/h4-6,8,16H,7,15H2,1-3H3. The second-order valence-corrected chi connectivity index (χ2v) is 4.53. The molecule has 2 rings (SSSR count). The summed E-state index contributed by atoms with van der Waals surface area (Å²) in [4.78, 5) is 11.6. The van der Waals surface area contributed by atoms with Gasteiger partial charge in [-0.15, -0.1) is 0 Å². The number of carbonyl (C=O) groups excluding carboxylic acids is 1. The Morgan fingerprint density at radius 1 is 1.50 bits per heavy atom. The van der Waals surface area contributed by atoms with Crippen LogP contribution in [0.2, 0.25) is 0 Å². The highest BCUT2D eigenvalue weighted by atomic mass is 16.5. The molecule has 1 heterocycles. The van der Waals surface area contributed by atoms with E-state index in [4.69, 9.17) is 10.5 Å². The number of rotatable bonds is 4. The van der Waals surface area contributed by atoms with Gasteiger partial charge in [-0.25, -0.2) is 4.79 Å². The van der Waals surface area contributed by atoms with Crippen molar-refractivity contribution < 1.29 is 9.53 Å². The average molecular weight is 274 g/mol. The van der Waals surface area contributed by atoms with E-state index in [1.165, 1.54) is 7.11 Å². The molecule has 0 aliphatic carbocycles. The van der Waals surface area contributed by atoms with E-state index < -0.39 is 5.97 Å². The third kappa shape index (κ3) is 2.74. The van der Waals surface area contributed by atoms with Gasteiger partial charge in [-0.05, 0) is 19.1 Å². The monoisotopic (exact) mass is 274 g/mol. The van der Waals surface area contributed by atoms with Crippen LogP contribution in [0.5, 0.6) is 0 Å². The number of methoxy groups -OCH3 is 1. The van der Waals surface area contributed by atoms with Gasteiger partial charge in [0.15, 0.2) is 0 Å². The van der Waals surface area contributed by atoms with E-state index in [0.717, 1.165) is 11.3 Å². The molecule has 0 amide bonds. The molecule has 0 saturated heterocycles. The van der Waals surface area contributed by atoms with Crippen LogP contribution in [0.4, 0.5) is 11.4 Å². The molecule has 1 aromatic carbocycles. The first-order valence-corrected chi connectivity index (χ1v) is 6.22. The second-order valence-electron chi connectivity index (χ2n) is 4.53. The molecule has 0 aliphatic rings. The zero-order valence-corrected chi connectivity index (χ0v) is 11.8. The molecular formula is C14H18N4O2. The maximum absolute atomic E-state index is 11.6. The minimum absolute atomic E-state index is 0.361. The number of aromatic nitrogens is 2. The normalized spacial score (nSPS) is 10.3. The lowest BCUT2D eigenvalue weighted by molar-refractivity contribution is 0.0602. The summed E-state index contributed by atoms with van der Waals surface area (Å²) < 4.78 is 6.46. The van der Waals surface area contributed by atoms with Crippen LogP contribution in [0.25, 0.3) is 0 Å². The number of aryl methyl sites for hydroxylation is 2. The molecule has 2 aromatic rings. The SMILES string of the molecule is COC(=O)c1cccc(NCc2cn(C)nc2C)c1N. The first-order valence-electron chi connectivity index (χ1n) is 6.22. The molecular weight excluding hydrogens is 256 g/mol. The number of anilines is 2. The summed E-state index contributed by atoms with van der Waals surface area (Å²) >= 11 is 0. The van der Waals surface area contributed by atoms with E-state index in [1.54, 1.807) is 16.8 Å². The van der Waals surface area contributed by atoms with Crippen molar-refractivity contribution in [2.24, 2.45) is 7.05 Å². The molecule has 20 heavy (non-hydrogen) atoms. The van der Waals surface area contributed by atoms with Crippen molar-refractivity contribution >= 4 is 17.3 Å². The number of benzene rings is 1. The minimum Gasteiger partial charge on any atom is -0.465 e. The van der Waals surface area contributed by atoms with Crippen LogP contribution in [-0.4, -0.2) is 22.9 Å². The Labute approximate surface area is 117 Å². The number of esters is 1. The smallest absolute Gasteiger partial charge is 0.340 e. The van der Waals surface area contributed by atoms with E-state index in [2.05, 4.69) is 10.4 Å². The van der Waals surface area contributed by atoms with Gasteiger partial charge in [0.25, 0.3) is 0 Å². The number of nitrogens with one attached hydrogen (secondary N) is 1. The second kappa shape index (κ2) is 5.64. The van der Waals surface area contributed by atoms with Crippen LogP contribution in [0.1, 0.15) is 21.6 Å². The first-order chi connectivity index (χ1) is 9.52. The number of para-hydroxylation sites is 1. The average Bonchev–Trinajstić information content (AvgIpc) is 2.75. The van der Waals surface area contributed by atoms with Crippen molar-refractivity contribution in [1.82, 2.24) is 9.78 Å². The molecule has 3 N–H and O–H groups in total. The maximum atomic E-state index is 11.6. The van der Waals surface area contributed by atoms with E-state index in [9.17, 15) is 4.79 Å². The highest BCUT2D eigenvalue weighted by Crippen LogP contribution is 2.24. The Morgan fingerprint density at radius 3 is 2.85 bits per heavy atom. The predicted molar refractivity (Wildman–Crippen MR) is 77.5 cm³/mol. The van der Waals surface area contributed by atoms with E-state index in [1.807, 2.05) is 26.2 Å². The molecule has 6 nitrogen and oxygen atoms in total. The molecule has 0 atom stereocenters. The summed E-state index contributed by atoms with van der Waals surface area (Å²) in [6.07, 6.45) is 1.95. The summed E-state index contributed by atoms with van der Waals surface area (Å²) in [6, 6.07) is 5.23. The number of carbonyl (C=O) groups is 1. The third-order valence-corrected chi connectivity index (χ3v) is 3.10. The Kier molecular flexibility index (Phi) is 3.93. The number of nitrogens with two attached hydrogens (primary N) is 1. The largest absolute Gasteiger partial charge is 0.465 e. The van der Waals surface area contributed by atoms with Gasteiger partial charge in [-0.3, -0.25) is 4.68 Å². The fourth-order valence-corrected chi connectivity index (χ4v) is 2.02. The fraction of sp³-hybridized carbons (Fsp3) is 0.286. The Bertz CT molecular complexity index is 634. The van der Waals surface area contributed by atoms with Gasteiger partial charge in [-0.2, -0.15) is 5.10 Å². The molecule has 0 spiro atoms. The van der Waals surface area contributed by atoms with Crippen molar-refractivity contribution in [1.29, 1.82) is 0 Å². The zero-order chi connectivity index (χ0) is 14.7. The number of hydrogen-bond acceptors (Lipinski definition) is 5. The lowest BCUT2D eigenvalue weighted by atomic mass is 10.1. The predicted octanol–water partition coefficient (Wildman–Crippen LogP) is 1.71. The maximum Gasteiger partial charge on any atom is 0.340 e. The topological polar surface area (TPSA) is 82.2 Å². The van der Waals surface area contributed by atoms with Crippen molar-refractivity contribution in [2.75, 3.05) is 18.2 Å². The Balaban J connectivity index is 2.18. The summed E-state index contributed by atoms with van der Waals surface area (Å²) in [5.41, 5.74) is 9.48. The zero-order valence-electron chi connectivity index (χ0n) is 11.8. The number of ether oxygens (including phenoxy) is 1. The third-order valence-electron chi connectivity index (χ3n) is 3.10. The highest BCUT2D eigenvalue weighted by Gasteiger charge is 2.13. The van der Waals surface area contributed by atoms with E-state index in [0.29, 0.717) is 23.5 Å². The molecule has 1 aromatic heterocycles. The van der Waals surface area contributed by atoms with Gasteiger partial charge in [0.05, 0.1) is 29.7 Å². The van der Waals surface area contributed by atoms with Crippen LogP contribution in [-0.2, 0) is 18.3 Å². The summed E-state index contributed by atoms with van der Waals surface area (Å²) in [7, 11) is 3.21. The molecule has 0 fully saturated rings. The van der Waals surface area contributed by atoms with Crippen molar-refractivity contribution in [2.45, 2.75) is 13.5 Å². The lowest BCUT2D eigenvalue weighted by Gasteiger charge is -2.11. The van der Waals surface area contributed by atoms with Crippen molar-refractivity contribution in [3.63, 3.8) is 0 Å². The van der Waals surface area contributed by atoms with Gasteiger partial charge in [0.2, 0.25) is 0 Å². The molecule has 0 saturated carbocycles. The van der Waals surface area contributed by atoms with Gasteiger partial charge in [0.1, 0.15) is 0 Å². The Morgan fingerprint density at radius 2 is 2.25 bits per heavy atom. The first kappa shape index (κ1) is 13.9. The summed E-state index contributed by atoms with van der Waals surface area (Å²) in [6.45, 7) is 2.54. The van der Waals surface area contributed by atoms with E-state index >= 15 is 0 Å². The van der Waals surface area contributed by atoms with Crippen LogP contribution in [0.3, 0.4) is 0 Å². The molecule has 0 radical (unpaired) electrons. The van der Waals surface area contributed by atoms with Crippen molar-refractivity contribution in [3.8, 4) is 0 Å². The molecule has 106 valence electrons. The summed E-state index contributed by atoms with van der Waals surface area (Å²) in [5, 5.41) is 7.49. The van der Waals surface area contributed by atoms with E-state index in [-0.39, 0.29) is 0 Å². The highest BCUT2D eigenvalue weighted by molar-refractivity contribution is 5.98. The van der Waals surface area contributed by atoms with Crippen LogP contribution in [0.15, 0.2) is 24.4 Å². The summed E-state index contributed by atoms with van der Waals surface area (Å²) in [5.74, 6) is -0.441. The fourth-order valence-electron chi connectivity index (χ4n) is 2.02. The van der Waals surface area contributed by atoms with Gasteiger partial charge in [-0.1, -0.05) is 6.07 Å².